The summed E-state index contributed by atoms with van der Waals surface area (Å²) in [5.41, 5.74) is 5.17. The highest BCUT2D eigenvalue weighted by atomic mass is 32.1. The minimum Gasteiger partial charge on any atom is -0.506 e. The number of anilines is 2. The van der Waals surface area contributed by atoms with Crippen LogP contribution in [-0.2, 0) is 0 Å². The maximum Gasteiger partial charge on any atom is 0.143 e. The van der Waals surface area contributed by atoms with E-state index < -0.39 is 0 Å². The number of hydrogen-bond acceptors (Lipinski definition) is 6. The Morgan fingerprint density at radius 1 is 0.714 bits per heavy atom. The van der Waals surface area contributed by atoms with E-state index in [0.717, 1.165) is 42.9 Å². The quantitative estimate of drug-likeness (QED) is 0.246. The van der Waals surface area contributed by atoms with Crippen LogP contribution in [0.1, 0.15) is 0 Å². The summed E-state index contributed by atoms with van der Waals surface area (Å²) in [4.78, 5) is 4.76. The number of para-hydroxylation sites is 2. The first-order valence-electron chi connectivity index (χ1n) is 11.2. The second-order valence-electron chi connectivity index (χ2n) is 8.09. The molecule has 0 amide bonds. The first-order valence-corrected chi connectivity index (χ1v) is 12.0. The largest absolute Gasteiger partial charge is 0.506 e. The number of azo groups is 1. The van der Waals surface area contributed by atoms with Gasteiger partial charge in [0, 0.05) is 22.3 Å². The molecule has 0 atom stereocenters. The molecule has 6 aromatic rings. The van der Waals surface area contributed by atoms with Crippen molar-refractivity contribution in [2.75, 3.05) is 5.32 Å². The molecule has 1 heterocycles. The van der Waals surface area contributed by atoms with Crippen LogP contribution in [0.2, 0.25) is 0 Å². The Morgan fingerprint density at radius 3 is 2.31 bits per heavy atom. The average molecular weight is 473 g/mol. The van der Waals surface area contributed by atoms with Crippen molar-refractivity contribution in [3.05, 3.63) is 109 Å². The van der Waals surface area contributed by atoms with E-state index in [-0.39, 0.29) is 5.75 Å². The van der Waals surface area contributed by atoms with Crippen molar-refractivity contribution in [3.8, 4) is 16.3 Å². The SMILES string of the molecule is Oc1ccc2cc(-c3nc4ccccc4s3)ccc2c1N=Nc1ccc(Nc2ccccc2)cc1. The number of aromatic nitrogens is 1. The monoisotopic (exact) mass is 472 g/mol. The normalized spacial score (nSPS) is 11.4. The lowest BCUT2D eigenvalue weighted by Gasteiger charge is -2.07. The number of phenolic OH excluding ortho intramolecular Hbond substituents is 1. The highest BCUT2D eigenvalue weighted by Gasteiger charge is 2.11. The van der Waals surface area contributed by atoms with Gasteiger partial charge in [-0.25, -0.2) is 4.98 Å². The molecule has 0 saturated heterocycles. The van der Waals surface area contributed by atoms with Crippen molar-refractivity contribution in [3.63, 3.8) is 0 Å². The molecule has 1 aromatic heterocycles. The summed E-state index contributed by atoms with van der Waals surface area (Å²) in [7, 11) is 0. The number of nitrogens with one attached hydrogen (secondary N) is 1. The van der Waals surface area contributed by atoms with Gasteiger partial charge in [-0.05, 0) is 66.0 Å². The molecule has 0 radical (unpaired) electrons. The molecule has 0 saturated carbocycles. The first-order chi connectivity index (χ1) is 17.2. The summed E-state index contributed by atoms with van der Waals surface area (Å²) >= 11 is 1.67. The van der Waals surface area contributed by atoms with E-state index in [1.165, 1.54) is 0 Å². The summed E-state index contributed by atoms with van der Waals surface area (Å²) in [6, 6.07) is 35.4. The van der Waals surface area contributed by atoms with Crippen molar-refractivity contribution in [2.24, 2.45) is 10.2 Å². The van der Waals surface area contributed by atoms with Crippen LogP contribution < -0.4 is 5.32 Å². The summed E-state index contributed by atoms with van der Waals surface area (Å²) < 4.78 is 1.16. The van der Waals surface area contributed by atoms with Crippen molar-refractivity contribution < 1.29 is 5.11 Å². The zero-order valence-corrected chi connectivity index (χ0v) is 19.4. The van der Waals surface area contributed by atoms with Gasteiger partial charge in [0.05, 0.1) is 15.9 Å². The molecule has 0 bridgehead atoms. The summed E-state index contributed by atoms with van der Waals surface area (Å²) in [6.07, 6.45) is 0. The average Bonchev–Trinajstić information content (AvgIpc) is 3.34. The molecule has 0 fully saturated rings. The van der Waals surface area contributed by atoms with Crippen LogP contribution in [-0.4, -0.2) is 10.1 Å². The lowest BCUT2D eigenvalue weighted by molar-refractivity contribution is 0.477. The topological polar surface area (TPSA) is 69.9 Å². The summed E-state index contributed by atoms with van der Waals surface area (Å²) in [6.45, 7) is 0. The lowest BCUT2D eigenvalue weighted by Crippen LogP contribution is -1.88. The number of nitrogens with zero attached hydrogens (tertiary/aromatic N) is 3. The number of phenols is 1. The van der Waals surface area contributed by atoms with Crippen molar-refractivity contribution in [1.82, 2.24) is 4.98 Å². The van der Waals surface area contributed by atoms with E-state index in [9.17, 15) is 5.11 Å². The molecule has 0 aliphatic heterocycles. The number of rotatable bonds is 5. The molecule has 6 heteroatoms. The Bertz CT molecular complexity index is 1640. The Morgan fingerprint density at radius 2 is 1.49 bits per heavy atom. The van der Waals surface area contributed by atoms with Crippen LogP contribution in [0.25, 0.3) is 31.6 Å². The minimum absolute atomic E-state index is 0.0938. The number of thiazole rings is 1. The third-order valence-corrected chi connectivity index (χ3v) is 6.79. The molecule has 2 N–H and O–H groups in total. The third-order valence-electron chi connectivity index (χ3n) is 5.71. The predicted octanol–water partition coefficient (Wildman–Crippen LogP) is 8.98. The Balaban J connectivity index is 1.28. The molecule has 0 spiro atoms. The number of fused-ring (bicyclic) bond motifs is 2. The van der Waals surface area contributed by atoms with Gasteiger partial charge in [0.1, 0.15) is 16.4 Å². The van der Waals surface area contributed by atoms with Crippen LogP contribution >= 0.6 is 11.3 Å². The van der Waals surface area contributed by atoms with Gasteiger partial charge in [0.15, 0.2) is 0 Å². The highest BCUT2D eigenvalue weighted by molar-refractivity contribution is 7.21. The van der Waals surface area contributed by atoms with Gasteiger partial charge >= 0.3 is 0 Å². The molecule has 5 aromatic carbocycles. The Hall–Kier alpha value is -4.55. The number of hydrogen-bond donors (Lipinski definition) is 2. The fraction of sp³-hybridized carbons (Fsp3) is 0. The van der Waals surface area contributed by atoms with E-state index in [1.807, 2.05) is 91.0 Å². The van der Waals surface area contributed by atoms with Crippen LogP contribution in [0, 0.1) is 0 Å². The molecule has 0 unspecified atom stereocenters. The molecular weight excluding hydrogens is 452 g/mol. The van der Waals surface area contributed by atoms with Gasteiger partial charge in [-0.2, -0.15) is 5.11 Å². The number of benzene rings is 5. The smallest absolute Gasteiger partial charge is 0.143 e. The van der Waals surface area contributed by atoms with Crippen molar-refractivity contribution in [2.45, 2.75) is 0 Å². The van der Waals surface area contributed by atoms with Gasteiger partial charge in [-0.3, -0.25) is 0 Å². The lowest BCUT2D eigenvalue weighted by atomic mass is 10.1. The minimum atomic E-state index is 0.0938. The van der Waals surface area contributed by atoms with Crippen molar-refractivity contribution >= 4 is 55.1 Å². The molecule has 35 heavy (non-hydrogen) atoms. The van der Waals surface area contributed by atoms with Crippen LogP contribution in [0.3, 0.4) is 0 Å². The van der Waals surface area contributed by atoms with E-state index in [0.29, 0.717) is 11.4 Å². The van der Waals surface area contributed by atoms with Crippen molar-refractivity contribution in [1.29, 1.82) is 0 Å². The second-order valence-corrected chi connectivity index (χ2v) is 9.12. The van der Waals surface area contributed by atoms with Gasteiger partial charge in [0.25, 0.3) is 0 Å². The first kappa shape index (κ1) is 21.0. The zero-order chi connectivity index (χ0) is 23.6. The standard InChI is InChI=1S/C29H20N4OS/c34-26-17-11-19-18-20(29-31-25-8-4-5-9-27(25)35-29)10-16-24(19)28(26)33-32-23-14-12-22(13-15-23)30-21-6-2-1-3-7-21/h1-18,30,34H. The molecule has 6 rings (SSSR count). The molecule has 168 valence electrons. The summed E-state index contributed by atoms with van der Waals surface area (Å²) in [5.74, 6) is 0.0938. The molecule has 0 aliphatic carbocycles. The Kier molecular flexibility index (Phi) is 5.41. The van der Waals surface area contributed by atoms with Crippen LogP contribution in [0.4, 0.5) is 22.7 Å². The fourth-order valence-corrected chi connectivity index (χ4v) is 4.91. The van der Waals surface area contributed by atoms with Crippen LogP contribution in [0.15, 0.2) is 119 Å². The second kappa shape index (κ2) is 9.00. The maximum absolute atomic E-state index is 10.5. The molecule has 0 aliphatic rings. The van der Waals surface area contributed by atoms with E-state index in [1.54, 1.807) is 17.4 Å². The van der Waals surface area contributed by atoms with Gasteiger partial charge in [0.2, 0.25) is 0 Å². The Labute approximate surface area is 206 Å². The highest BCUT2D eigenvalue weighted by Crippen LogP contribution is 2.39. The third kappa shape index (κ3) is 4.35. The predicted molar refractivity (Wildman–Crippen MR) is 145 cm³/mol. The van der Waals surface area contributed by atoms with Crippen LogP contribution in [0.5, 0.6) is 5.75 Å². The van der Waals surface area contributed by atoms with Gasteiger partial charge in [-0.1, -0.05) is 48.5 Å². The summed E-state index contributed by atoms with van der Waals surface area (Å²) in [5, 5.41) is 25.4. The van der Waals surface area contributed by atoms with Gasteiger partial charge in [-0.15, -0.1) is 16.5 Å². The maximum atomic E-state index is 10.5. The fourth-order valence-electron chi connectivity index (χ4n) is 3.94. The zero-order valence-electron chi connectivity index (χ0n) is 18.6. The molecule has 5 nitrogen and oxygen atoms in total. The van der Waals surface area contributed by atoms with E-state index in [2.05, 4.69) is 27.7 Å². The number of aromatic hydroxyl groups is 1. The molecular formula is C29H20N4OS. The van der Waals surface area contributed by atoms with Gasteiger partial charge < -0.3 is 10.4 Å². The van der Waals surface area contributed by atoms with E-state index >= 15 is 0 Å². The van der Waals surface area contributed by atoms with E-state index in [4.69, 9.17) is 4.98 Å².